The van der Waals surface area contributed by atoms with Crippen LogP contribution in [-0.2, 0) is 0 Å². The van der Waals surface area contributed by atoms with Crippen LogP contribution < -0.4 is 0 Å². The fourth-order valence-electron chi connectivity index (χ4n) is 1.72. The molecule has 0 saturated heterocycles. The average Bonchev–Trinajstić information content (AvgIpc) is 2.36. The van der Waals surface area contributed by atoms with Gasteiger partial charge in [0.1, 0.15) is 5.15 Å². The van der Waals surface area contributed by atoms with E-state index >= 15 is 0 Å². The Hall–Kier alpha value is -0.650. The van der Waals surface area contributed by atoms with Crippen LogP contribution in [0.25, 0.3) is 0 Å². The lowest BCUT2D eigenvalue weighted by Crippen LogP contribution is -2.33. The van der Waals surface area contributed by atoms with Gasteiger partial charge in [-0.15, -0.1) is 0 Å². The number of halogens is 2. The maximum Gasteiger partial charge on any atom is 0.257 e. The van der Waals surface area contributed by atoms with Gasteiger partial charge in [0, 0.05) is 23.8 Å². The Bertz CT molecular complexity index is 440. The van der Waals surface area contributed by atoms with Crippen molar-refractivity contribution in [2.45, 2.75) is 13.3 Å². The molecule has 1 aromatic heterocycles. The predicted molar refractivity (Wildman–Crippen MR) is 81.7 cm³/mol. The molecule has 1 amide bonds. The van der Waals surface area contributed by atoms with Gasteiger partial charge in [-0.05, 0) is 56.0 Å². The molecule has 0 aromatic carbocycles. The Labute approximate surface area is 127 Å². The number of nitrogens with zero attached hydrogens (tertiary/aromatic N) is 3. The zero-order chi connectivity index (χ0) is 14.4. The molecule has 0 N–H and O–H groups in total. The molecule has 0 atom stereocenters. The highest BCUT2D eigenvalue weighted by Crippen LogP contribution is 2.19. The summed E-state index contributed by atoms with van der Waals surface area (Å²) in [5, 5.41) is 0.249. The minimum absolute atomic E-state index is 0.0694. The predicted octanol–water partition coefficient (Wildman–Crippen LogP) is 2.91. The Balaban J connectivity index is 2.75. The molecule has 0 aliphatic heterocycles. The number of hydrogen-bond acceptors (Lipinski definition) is 3. The quantitative estimate of drug-likeness (QED) is 0.742. The van der Waals surface area contributed by atoms with Crippen molar-refractivity contribution in [3.63, 3.8) is 0 Å². The first-order chi connectivity index (χ1) is 8.95. The first-order valence-corrected chi connectivity index (χ1v) is 7.37. The summed E-state index contributed by atoms with van der Waals surface area (Å²) in [6, 6.07) is 1.71. The second kappa shape index (κ2) is 7.82. The van der Waals surface area contributed by atoms with Gasteiger partial charge in [-0.1, -0.05) is 11.6 Å². The van der Waals surface area contributed by atoms with Crippen molar-refractivity contribution >= 4 is 33.4 Å². The molecule has 0 aliphatic carbocycles. The minimum atomic E-state index is -0.0694. The number of rotatable bonds is 6. The summed E-state index contributed by atoms with van der Waals surface area (Å²) in [5.41, 5.74) is 0.447. The fourth-order valence-corrected chi connectivity index (χ4v) is 2.24. The van der Waals surface area contributed by atoms with E-state index < -0.39 is 0 Å². The van der Waals surface area contributed by atoms with Gasteiger partial charge < -0.3 is 9.80 Å². The van der Waals surface area contributed by atoms with Gasteiger partial charge in [0.05, 0.1) is 5.56 Å². The van der Waals surface area contributed by atoms with Crippen LogP contribution in [-0.4, -0.2) is 54.4 Å². The summed E-state index contributed by atoms with van der Waals surface area (Å²) >= 11 is 9.30. The molecule has 0 spiro atoms. The summed E-state index contributed by atoms with van der Waals surface area (Å²) in [5.74, 6) is -0.0694. The molecule has 0 radical (unpaired) electrons. The van der Waals surface area contributed by atoms with E-state index in [-0.39, 0.29) is 11.1 Å². The first-order valence-electron chi connectivity index (χ1n) is 6.20. The monoisotopic (exact) mass is 347 g/mol. The van der Waals surface area contributed by atoms with E-state index in [4.69, 9.17) is 11.6 Å². The molecular weight excluding hydrogens is 330 g/mol. The lowest BCUT2D eigenvalue weighted by molar-refractivity contribution is 0.0759. The van der Waals surface area contributed by atoms with Crippen molar-refractivity contribution < 1.29 is 4.79 Å². The number of pyridine rings is 1. The Kier molecular flexibility index (Phi) is 6.75. The molecule has 1 aromatic rings. The van der Waals surface area contributed by atoms with Crippen LogP contribution in [0.5, 0.6) is 0 Å². The van der Waals surface area contributed by atoms with Crippen LogP contribution in [0.1, 0.15) is 23.7 Å². The van der Waals surface area contributed by atoms with E-state index in [1.807, 2.05) is 21.0 Å². The molecule has 0 aliphatic rings. The summed E-state index contributed by atoms with van der Waals surface area (Å²) in [6.45, 7) is 4.30. The van der Waals surface area contributed by atoms with Crippen molar-refractivity contribution in [1.82, 2.24) is 14.8 Å². The lowest BCUT2D eigenvalue weighted by atomic mass is 10.2. The van der Waals surface area contributed by atoms with E-state index in [2.05, 4.69) is 25.8 Å². The molecule has 0 bridgehead atoms. The van der Waals surface area contributed by atoms with Gasteiger partial charge >= 0.3 is 0 Å². The molecule has 19 heavy (non-hydrogen) atoms. The van der Waals surface area contributed by atoms with Crippen LogP contribution in [0.15, 0.2) is 16.7 Å². The molecule has 1 heterocycles. The van der Waals surface area contributed by atoms with Gasteiger partial charge in [0.2, 0.25) is 0 Å². The molecule has 6 heteroatoms. The third-order valence-corrected chi connectivity index (χ3v) is 3.47. The van der Waals surface area contributed by atoms with Crippen molar-refractivity contribution in [2.75, 3.05) is 33.7 Å². The summed E-state index contributed by atoms with van der Waals surface area (Å²) in [4.78, 5) is 20.3. The molecule has 0 saturated carbocycles. The summed E-state index contributed by atoms with van der Waals surface area (Å²) in [7, 11) is 4.04. The van der Waals surface area contributed by atoms with E-state index in [1.54, 1.807) is 17.2 Å². The van der Waals surface area contributed by atoms with Crippen molar-refractivity contribution in [1.29, 1.82) is 0 Å². The molecular formula is C13H19BrClN3O. The smallest absolute Gasteiger partial charge is 0.257 e. The Morgan fingerprint density at radius 2 is 2.11 bits per heavy atom. The zero-order valence-corrected chi connectivity index (χ0v) is 13.8. The standard InChI is InChI=1S/C13H19BrClN3O/c1-4-18(7-5-6-17(2)3)13(19)11-8-10(14)9-16-12(11)15/h8-9H,4-7H2,1-3H3. The van der Waals surface area contributed by atoms with Gasteiger partial charge in [0.25, 0.3) is 5.91 Å². The number of aromatic nitrogens is 1. The van der Waals surface area contributed by atoms with Crippen LogP contribution >= 0.6 is 27.5 Å². The maximum absolute atomic E-state index is 12.4. The van der Waals surface area contributed by atoms with E-state index in [1.165, 1.54) is 0 Å². The fraction of sp³-hybridized carbons (Fsp3) is 0.538. The lowest BCUT2D eigenvalue weighted by Gasteiger charge is -2.22. The highest BCUT2D eigenvalue weighted by atomic mass is 79.9. The van der Waals surface area contributed by atoms with Gasteiger partial charge in [-0.3, -0.25) is 4.79 Å². The number of carbonyl (C=O) groups excluding carboxylic acids is 1. The van der Waals surface area contributed by atoms with E-state index in [0.29, 0.717) is 12.1 Å². The first kappa shape index (κ1) is 16.4. The number of amides is 1. The highest BCUT2D eigenvalue weighted by Gasteiger charge is 2.18. The molecule has 0 unspecified atom stereocenters. The zero-order valence-electron chi connectivity index (χ0n) is 11.5. The van der Waals surface area contributed by atoms with Gasteiger partial charge in [0.15, 0.2) is 0 Å². The third kappa shape index (κ3) is 5.09. The topological polar surface area (TPSA) is 36.4 Å². The van der Waals surface area contributed by atoms with Crippen LogP contribution in [0, 0.1) is 0 Å². The molecule has 4 nitrogen and oxygen atoms in total. The van der Waals surface area contributed by atoms with Gasteiger partial charge in [-0.2, -0.15) is 0 Å². The van der Waals surface area contributed by atoms with Crippen molar-refractivity contribution in [2.24, 2.45) is 0 Å². The summed E-state index contributed by atoms with van der Waals surface area (Å²) < 4.78 is 0.754. The Morgan fingerprint density at radius 3 is 2.68 bits per heavy atom. The van der Waals surface area contributed by atoms with E-state index in [0.717, 1.165) is 24.0 Å². The number of hydrogen-bond donors (Lipinski definition) is 0. The average molecular weight is 349 g/mol. The Morgan fingerprint density at radius 1 is 1.42 bits per heavy atom. The molecule has 1 rings (SSSR count). The minimum Gasteiger partial charge on any atom is -0.339 e. The number of carbonyl (C=O) groups is 1. The molecule has 106 valence electrons. The second-order valence-electron chi connectivity index (χ2n) is 4.53. The van der Waals surface area contributed by atoms with Crippen LogP contribution in [0.3, 0.4) is 0 Å². The van der Waals surface area contributed by atoms with Crippen LogP contribution in [0.4, 0.5) is 0 Å². The highest BCUT2D eigenvalue weighted by molar-refractivity contribution is 9.10. The SMILES string of the molecule is CCN(CCCN(C)C)C(=O)c1cc(Br)cnc1Cl. The maximum atomic E-state index is 12.4. The summed E-state index contributed by atoms with van der Waals surface area (Å²) in [6.07, 6.45) is 2.52. The largest absolute Gasteiger partial charge is 0.339 e. The molecule has 0 fully saturated rings. The third-order valence-electron chi connectivity index (χ3n) is 2.74. The van der Waals surface area contributed by atoms with Crippen molar-refractivity contribution in [3.05, 3.63) is 27.5 Å². The van der Waals surface area contributed by atoms with Gasteiger partial charge in [-0.25, -0.2) is 4.98 Å². The second-order valence-corrected chi connectivity index (χ2v) is 5.81. The van der Waals surface area contributed by atoms with Crippen molar-refractivity contribution in [3.8, 4) is 0 Å². The van der Waals surface area contributed by atoms with E-state index in [9.17, 15) is 4.79 Å². The normalized spacial score (nSPS) is 10.8. The van der Waals surface area contributed by atoms with Crippen LogP contribution in [0.2, 0.25) is 5.15 Å².